The molecule has 0 fully saturated rings. The van der Waals surface area contributed by atoms with Crippen molar-refractivity contribution >= 4 is 22.5 Å². The second-order valence-corrected chi connectivity index (χ2v) is 4.56. The van der Waals surface area contributed by atoms with E-state index in [0.717, 1.165) is 22.2 Å². The van der Waals surface area contributed by atoms with Gasteiger partial charge in [-0.3, -0.25) is 0 Å². The summed E-state index contributed by atoms with van der Waals surface area (Å²) in [7, 11) is 3.40. The van der Waals surface area contributed by atoms with Gasteiger partial charge in [-0.1, -0.05) is 24.3 Å². The van der Waals surface area contributed by atoms with E-state index in [-0.39, 0.29) is 6.03 Å². The van der Waals surface area contributed by atoms with Crippen molar-refractivity contribution in [2.75, 3.05) is 14.1 Å². The van der Waals surface area contributed by atoms with Gasteiger partial charge in [-0.05, 0) is 24.6 Å². The summed E-state index contributed by atoms with van der Waals surface area (Å²) in [5, 5.41) is 3.82. The van der Waals surface area contributed by atoms with Gasteiger partial charge in [0.25, 0.3) is 0 Å². The second-order valence-electron chi connectivity index (χ2n) is 4.56. The Hall–Kier alpha value is -2.36. The maximum Gasteiger partial charge on any atom is 0.320 e. The van der Waals surface area contributed by atoms with Gasteiger partial charge in [-0.2, -0.15) is 0 Å². The van der Waals surface area contributed by atoms with Gasteiger partial charge in [0.15, 0.2) is 0 Å². The molecule has 1 aromatic heterocycles. The molecule has 1 N–H and O–H groups in total. The Morgan fingerprint density at radius 2 is 1.95 bits per heavy atom. The molecule has 0 aliphatic carbocycles. The van der Waals surface area contributed by atoms with Crippen LogP contribution in [0.1, 0.15) is 12.6 Å². The molecule has 2 amide bonds. The zero-order chi connectivity index (χ0) is 13.8. The minimum atomic E-state index is -0.153. The molecule has 1 aromatic carbocycles. The normalized spacial score (nSPS) is 11.4. The van der Waals surface area contributed by atoms with Crippen LogP contribution in [0.4, 0.5) is 4.79 Å². The zero-order valence-corrected chi connectivity index (χ0v) is 11.3. The maximum atomic E-state index is 11.4. The molecule has 19 heavy (non-hydrogen) atoms. The number of urea groups is 1. The molecule has 4 heteroatoms. The molecule has 0 bridgehead atoms. The van der Waals surface area contributed by atoms with Crippen molar-refractivity contribution < 1.29 is 4.79 Å². The molecular weight excluding hydrogens is 238 g/mol. The van der Waals surface area contributed by atoms with Crippen LogP contribution in [0, 0.1) is 0 Å². The number of allylic oxidation sites excluding steroid dienone is 1. The molecule has 0 saturated heterocycles. The minimum absolute atomic E-state index is 0.153. The number of hydrogen-bond acceptors (Lipinski definition) is 2. The van der Waals surface area contributed by atoms with Crippen molar-refractivity contribution in [3.05, 3.63) is 48.3 Å². The molecule has 0 aliphatic rings. The molecule has 2 rings (SSSR count). The van der Waals surface area contributed by atoms with E-state index in [0.29, 0.717) is 0 Å². The third kappa shape index (κ3) is 3.10. The molecule has 2 aromatic rings. The number of hydrogen-bond donors (Lipinski definition) is 1. The lowest BCUT2D eigenvalue weighted by Crippen LogP contribution is -2.31. The highest BCUT2D eigenvalue weighted by atomic mass is 16.2. The predicted molar refractivity (Wildman–Crippen MR) is 77.6 cm³/mol. The Morgan fingerprint density at radius 1 is 1.21 bits per heavy atom. The molecule has 1 heterocycles. The van der Waals surface area contributed by atoms with Crippen LogP contribution in [-0.2, 0) is 0 Å². The first-order valence-corrected chi connectivity index (χ1v) is 6.08. The Bertz CT molecular complexity index is 632. The first kappa shape index (κ1) is 13.1. The maximum absolute atomic E-state index is 11.4. The zero-order valence-electron chi connectivity index (χ0n) is 11.3. The lowest BCUT2D eigenvalue weighted by atomic mass is 10.1. The summed E-state index contributed by atoms with van der Waals surface area (Å²) in [6, 6.07) is 11.8. The number of amides is 2. The lowest BCUT2D eigenvalue weighted by Gasteiger charge is -2.10. The van der Waals surface area contributed by atoms with Gasteiger partial charge < -0.3 is 10.2 Å². The monoisotopic (exact) mass is 255 g/mol. The topological polar surface area (TPSA) is 45.2 Å². The van der Waals surface area contributed by atoms with Gasteiger partial charge in [0.05, 0.1) is 11.2 Å². The summed E-state index contributed by atoms with van der Waals surface area (Å²) in [5.74, 6) is 0. The summed E-state index contributed by atoms with van der Waals surface area (Å²) in [4.78, 5) is 17.5. The summed E-state index contributed by atoms with van der Waals surface area (Å²) >= 11 is 0. The summed E-state index contributed by atoms with van der Waals surface area (Å²) in [5.41, 5.74) is 2.73. The molecule has 0 spiro atoms. The van der Waals surface area contributed by atoms with Crippen LogP contribution in [0.25, 0.3) is 16.5 Å². The van der Waals surface area contributed by atoms with E-state index in [2.05, 4.69) is 10.3 Å². The fourth-order valence-electron chi connectivity index (χ4n) is 1.66. The van der Waals surface area contributed by atoms with Crippen molar-refractivity contribution in [1.29, 1.82) is 0 Å². The number of nitrogens with zero attached hydrogens (tertiary/aromatic N) is 2. The molecule has 0 unspecified atom stereocenters. The second kappa shape index (κ2) is 5.52. The fraction of sp³-hybridized carbons (Fsp3) is 0.200. The van der Waals surface area contributed by atoms with Crippen LogP contribution in [0.3, 0.4) is 0 Å². The Labute approximate surface area is 112 Å². The van der Waals surface area contributed by atoms with Crippen LogP contribution in [0.2, 0.25) is 0 Å². The van der Waals surface area contributed by atoms with Crippen molar-refractivity contribution in [3.8, 4) is 0 Å². The number of carbonyl (C=O) groups excluding carboxylic acids is 1. The van der Waals surface area contributed by atoms with E-state index in [9.17, 15) is 4.79 Å². The molecule has 0 radical (unpaired) electrons. The highest BCUT2D eigenvalue weighted by molar-refractivity contribution is 5.81. The van der Waals surface area contributed by atoms with Crippen LogP contribution in [0.15, 0.2) is 42.6 Å². The molecule has 0 aliphatic heterocycles. The number of carbonyl (C=O) groups is 1. The average molecular weight is 255 g/mol. The molecule has 98 valence electrons. The highest BCUT2D eigenvalue weighted by Gasteiger charge is 2.02. The van der Waals surface area contributed by atoms with Crippen molar-refractivity contribution in [3.63, 3.8) is 0 Å². The van der Waals surface area contributed by atoms with E-state index >= 15 is 0 Å². The van der Waals surface area contributed by atoms with Crippen LogP contribution < -0.4 is 5.32 Å². The first-order chi connectivity index (χ1) is 9.08. The van der Waals surface area contributed by atoms with Crippen molar-refractivity contribution in [2.45, 2.75) is 6.92 Å². The van der Waals surface area contributed by atoms with E-state index in [4.69, 9.17) is 0 Å². The van der Waals surface area contributed by atoms with Crippen LogP contribution in [-0.4, -0.2) is 30.0 Å². The molecular formula is C15H17N3O. The van der Waals surface area contributed by atoms with Gasteiger partial charge >= 0.3 is 6.03 Å². The van der Waals surface area contributed by atoms with Crippen molar-refractivity contribution in [2.24, 2.45) is 0 Å². The molecule has 0 saturated carbocycles. The van der Waals surface area contributed by atoms with E-state index < -0.39 is 0 Å². The number of pyridine rings is 1. The Kier molecular flexibility index (Phi) is 3.80. The van der Waals surface area contributed by atoms with E-state index in [1.165, 1.54) is 4.90 Å². The third-order valence-corrected chi connectivity index (χ3v) is 2.82. The first-order valence-electron chi connectivity index (χ1n) is 6.08. The number of fused-ring (bicyclic) bond motifs is 1. The molecule has 0 atom stereocenters. The predicted octanol–water partition coefficient (Wildman–Crippen LogP) is 2.87. The van der Waals surface area contributed by atoms with Crippen LogP contribution >= 0.6 is 0 Å². The number of para-hydroxylation sites is 1. The largest absolute Gasteiger partial charge is 0.331 e. The van der Waals surface area contributed by atoms with Crippen LogP contribution in [0.5, 0.6) is 0 Å². The fourth-order valence-corrected chi connectivity index (χ4v) is 1.66. The van der Waals surface area contributed by atoms with E-state index in [1.54, 1.807) is 20.3 Å². The highest BCUT2D eigenvalue weighted by Crippen LogP contribution is 2.16. The summed E-state index contributed by atoms with van der Waals surface area (Å²) in [6.07, 6.45) is 1.68. The smallest absolute Gasteiger partial charge is 0.320 e. The number of benzene rings is 1. The standard InChI is InChI=1S/C15H17N3O/c1-11(10-16-15(19)18(2)3)13-9-8-12-6-4-5-7-14(12)17-13/h4-10H,1-3H3,(H,16,19)/b11-10+. The Balaban J connectivity index is 2.23. The van der Waals surface area contributed by atoms with Gasteiger partial charge in [0.2, 0.25) is 0 Å². The number of rotatable bonds is 2. The van der Waals surface area contributed by atoms with Gasteiger partial charge in [0, 0.05) is 25.7 Å². The summed E-state index contributed by atoms with van der Waals surface area (Å²) < 4.78 is 0. The van der Waals surface area contributed by atoms with E-state index in [1.807, 2.05) is 43.3 Å². The average Bonchev–Trinajstić information content (AvgIpc) is 2.43. The van der Waals surface area contributed by atoms with Gasteiger partial charge in [-0.15, -0.1) is 0 Å². The molecule has 4 nitrogen and oxygen atoms in total. The lowest BCUT2D eigenvalue weighted by molar-refractivity contribution is 0.221. The van der Waals surface area contributed by atoms with Crippen molar-refractivity contribution in [1.82, 2.24) is 15.2 Å². The minimum Gasteiger partial charge on any atom is -0.331 e. The van der Waals surface area contributed by atoms with Gasteiger partial charge in [-0.25, -0.2) is 9.78 Å². The Morgan fingerprint density at radius 3 is 2.68 bits per heavy atom. The number of nitrogens with one attached hydrogen (secondary N) is 1. The third-order valence-electron chi connectivity index (χ3n) is 2.82. The SMILES string of the molecule is C/C(=C\NC(=O)N(C)C)c1ccc2ccccc2n1. The van der Waals surface area contributed by atoms with Gasteiger partial charge in [0.1, 0.15) is 0 Å². The number of aromatic nitrogens is 1. The quantitative estimate of drug-likeness (QED) is 0.896. The summed E-state index contributed by atoms with van der Waals surface area (Å²) in [6.45, 7) is 1.92.